The molecule has 0 saturated carbocycles. The van der Waals surface area contributed by atoms with Crippen molar-refractivity contribution < 1.29 is 10.2 Å². The molecule has 0 radical (unpaired) electrons. The van der Waals surface area contributed by atoms with Crippen LogP contribution in [0.4, 0.5) is 0 Å². The van der Waals surface area contributed by atoms with Gasteiger partial charge in [-0.05, 0) is 20.8 Å². The first-order chi connectivity index (χ1) is 16.4. The summed E-state index contributed by atoms with van der Waals surface area (Å²) in [4.78, 5) is 78.4. The zero-order valence-electron chi connectivity index (χ0n) is 19.3. The molecule has 0 amide bonds. The molecule has 2 unspecified atom stereocenters. The van der Waals surface area contributed by atoms with Gasteiger partial charge in [-0.25, -0.2) is 14.4 Å². The van der Waals surface area contributed by atoms with Crippen LogP contribution in [0.25, 0.3) is 0 Å². The molecule has 3 heterocycles. The van der Waals surface area contributed by atoms with Crippen LogP contribution in [0.2, 0.25) is 0 Å². The molecule has 14 heteroatoms. The normalized spacial score (nSPS) is 13.1. The molecule has 0 aliphatic rings. The molecule has 3 aromatic rings. The lowest BCUT2D eigenvalue weighted by Crippen LogP contribution is -2.47. The first-order valence-electron chi connectivity index (χ1n) is 10.7. The molecule has 0 fully saturated rings. The molecule has 14 nitrogen and oxygen atoms in total. The van der Waals surface area contributed by atoms with Crippen LogP contribution in [-0.4, -0.2) is 50.7 Å². The Morgan fingerprint density at radius 2 is 1.00 bits per heavy atom. The topological polar surface area (TPSA) is 194 Å². The Kier molecular flexibility index (Phi) is 7.36. The van der Waals surface area contributed by atoms with Crippen LogP contribution >= 0.6 is 0 Å². The Labute approximate surface area is 196 Å². The molecule has 0 aromatic carbocycles. The fourth-order valence-electron chi connectivity index (χ4n) is 3.69. The second-order valence-electron chi connectivity index (χ2n) is 8.35. The van der Waals surface area contributed by atoms with Crippen molar-refractivity contribution in [3.8, 4) is 0 Å². The van der Waals surface area contributed by atoms with Gasteiger partial charge in [-0.2, -0.15) is 0 Å². The second kappa shape index (κ2) is 10.1. The maximum atomic E-state index is 13.0. The highest BCUT2D eigenvalue weighted by molar-refractivity contribution is 5.01. The van der Waals surface area contributed by atoms with Crippen molar-refractivity contribution in [3.05, 3.63) is 97.8 Å². The van der Waals surface area contributed by atoms with Gasteiger partial charge in [0.25, 0.3) is 16.7 Å². The van der Waals surface area contributed by atoms with Crippen molar-refractivity contribution in [1.29, 1.82) is 0 Å². The Morgan fingerprint density at radius 1 is 0.629 bits per heavy atom. The van der Waals surface area contributed by atoms with E-state index in [1.54, 1.807) is 0 Å². The average molecular weight is 490 g/mol. The minimum atomic E-state index is -1.44. The number of rotatable bonds is 8. The van der Waals surface area contributed by atoms with Gasteiger partial charge in [-0.15, -0.1) is 0 Å². The highest BCUT2D eigenvalue weighted by atomic mass is 16.3. The molecule has 0 bridgehead atoms. The lowest BCUT2D eigenvalue weighted by molar-refractivity contribution is 0.120. The number of hydrogen-bond donors (Lipinski definition) is 4. The summed E-state index contributed by atoms with van der Waals surface area (Å²) in [5, 5.41) is 20.9. The summed E-state index contributed by atoms with van der Waals surface area (Å²) >= 11 is 0. The number of nitrogens with zero attached hydrogens (tertiary/aromatic N) is 4. The number of H-pyrrole nitrogens is 2. The van der Waals surface area contributed by atoms with Crippen molar-refractivity contribution in [2.45, 2.75) is 59.2 Å². The lowest BCUT2D eigenvalue weighted by atomic mass is 10.3. The number of aromatic amines is 2. The van der Waals surface area contributed by atoms with E-state index >= 15 is 0 Å². The Morgan fingerprint density at radius 3 is 1.43 bits per heavy atom. The van der Waals surface area contributed by atoms with E-state index in [1.807, 2.05) is 0 Å². The van der Waals surface area contributed by atoms with Crippen molar-refractivity contribution >= 4 is 0 Å². The van der Waals surface area contributed by atoms with Crippen LogP contribution in [-0.2, 0) is 26.2 Å². The molecule has 3 rings (SSSR count). The van der Waals surface area contributed by atoms with Gasteiger partial charge in [0.2, 0.25) is 0 Å². The van der Waals surface area contributed by atoms with Gasteiger partial charge < -0.3 is 20.2 Å². The van der Waals surface area contributed by atoms with E-state index in [0.717, 1.165) is 19.8 Å². The van der Waals surface area contributed by atoms with E-state index in [9.17, 15) is 39.0 Å². The first kappa shape index (κ1) is 25.6. The van der Waals surface area contributed by atoms with E-state index in [4.69, 9.17) is 0 Å². The highest BCUT2D eigenvalue weighted by Crippen LogP contribution is 1.98. The summed E-state index contributed by atoms with van der Waals surface area (Å²) in [7, 11) is 0. The van der Waals surface area contributed by atoms with Crippen molar-refractivity contribution in [1.82, 2.24) is 28.2 Å². The molecule has 0 aliphatic heterocycles. The summed E-state index contributed by atoms with van der Waals surface area (Å²) in [6.45, 7) is 2.79. The third-order valence-corrected chi connectivity index (χ3v) is 5.37. The smallest absolute Gasteiger partial charge is 0.331 e. The third-order valence-electron chi connectivity index (χ3n) is 5.37. The average Bonchev–Trinajstić information content (AvgIpc) is 2.73. The second-order valence-corrected chi connectivity index (χ2v) is 8.35. The van der Waals surface area contributed by atoms with Crippen molar-refractivity contribution in [2.75, 3.05) is 0 Å². The fraction of sp³-hybridized carbons (Fsp3) is 0.429. The predicted molar refractivity (Wildman–Crippen MR) is 124 cm³/mol. The van der Waals surface area contributed by atoms with Crippen LogP contribution in [0.5, 0.6) is 0 Å². The van der Waals surface area contributed by atoms with Crippen molar-refractivity contribution in [3.63, 3.8) is 0 Å². The predicted octanol–water partition coefficient (Wildman–Crippen LogP) is -3.24. The molecule has 0 aliphatic carbocycles. The molecule has 3 aromatic heterocycles. The standard InChI is InChI=1S/C21H26N6O8/c1-11-4-16(30)25(19(33)22-11)8-14(28)7-24-13(3)6-18(32)27(21(24)35)10-15(29)9-26-17(31)5-12(2)23-20(26)34/h4-6,14-15,28-29H,7-10H2,1-3H3,(H,22,33)(H,23,34). The summed E-state index contributed by atoms with van der Waals surface area (Å²) in [5.41, 5.74) is -3.40. The third kappa shape index (κ3) is 5.73. The zero-order chi connectivity index (χ0) is 26.0. The Bertz CT molecular complexity index is 1540. The maximum absolute atomic E-state index is 13.0. The van der Waals surface area contributed by atoms with Gasteiger partial charge in [0, 0.05) is 35.3 Å². The van der Waals surface area contributed by atoms with Crippen LogP contribution in [0.1, 0.15) is 17.1 Å². The Balaban J connectivity index is 1.85. The van der Waals surface area contributed by atoms with Crippen LogP contribution < -0.4 is 33.7 Å². The summed E-state index contributed by atoms with van der Waals surface area (Å²) < 4.78 is 3.31. The van der Waals surface area contributed by atoms with E-state index < -0.39 is 65.6 Å². The van der Waals surface area contributed by atoms with Crippen LogP contribution in [0.3, 0.4) is 0 Å². The van der Waals surface area contributed by atoms with Crippen LogP contribution in [0.15, 0.2) is 47.0 Å². The molecular weight excluding hydrogens is 464 g/mol. The number of aromatic nitrogens is 6. The summed E-state index contributed by atoms with van der Waals surface area (Å²) in [6, 6.07) is 3.49. The fourth-order valence-corrected chi connectivity index (χ4v) is 3.69. The molecule has 0 spiro atoms. The number of aliphatic hydroxyl groups is 2. The summed E-state index contributed by atoms with van der Waals surface area (Å²) in [5.74, 6) is 0. The minimum absolute atomic E-state index is 0.209. The van der Waals surface area contributed by atoms with E-state index in [2.05, 4.69) is 9.97 Å². The Hall–Kier alpha value is -4.04. The lowest BCUT2D eigenvalue weighted by Gasteiger charge is -2.18. The first-order valence-corrected chi connectivity index (χ1v) is 10.7. The van der Waals surface area contributed by atoms with E-state index in [0.29, 0.717) is 16.0 Å². The minimum Gasteiger partial charge on any atom is -0.389 e. The van der Waals surface area contributed by atoms with Gasteiger partial charge in [0.1, 0.15) is 0 Å². The molecule has 4 N–H and O–H groups in total. The molecule has 188 valence electrons. The number of aliphatic hydroxyl groups excluding tert-OH is 2. The van der Waals surface area contributed by atoms with Gasteiger partial charge in [0.15, 0.2) is 0 Å². The number of nitrogens with one attached hydrogen (secondary N) is 2. The SMILES string of the molecule is Cc1cc(=O)n(CC(O)Cn2c(C)cc(=O)n(CC(O)Cn3c(=O)cc(C)[nH]c3=O)c2=O)c(=O)[nH]1. The zero-order valence-corrected chi connectivity index (χ0v) is 19.3. The molecular formula is C21H26N6O8. The largest absolute Gasteiger partial charge is 0.389 e. The van der Waals surface area contributed by atoms with E-state index in [1.165, 1.54) is 32.9 Å². The number of aryl methyl sites for hydroxylation is 3. The van der Waals surface area contributed by atoms with Crippen molar-refractivity contribution in [2.24, 2.45) is 0 Å². The van der Waals surface area contributed by atoms with Gasteiger partial charge in [-0.1, -0.05) is 0 Å². The molecule has 0 saturated heterocycles. The number of hydrogen-bond acceptors (Lipinski definition) is 8. The maximum Gasteiger partial charge on any atom is 0.331 e. The van der Waals surface area contributed by atoms with Gasteiger partial charge in [0.05, 0.1) is 38.4 Å². The van der Waals surface area contributed by atoms with Gasteiger partial charge in [-0.3, -0.25) is 32.7 Å². The molecule has 35 heavy (non-hydrogen) atoms. The summed E-state index contributed by atoms with van der Waals surface area (Å²) in [6.07, 6.45) is -2.78. The quantitative estimate of drug-likeness (QED) is 0.253. The van der Waals surface area contributed by atoms with E-state index in [-0.39, 0.29) is 12.2 Å². The highest BCUT2D eigenvalue weighted by Gasteiger charge is 2.18. The van der Waals surface area contributed by atoms with Gasteiger partial charge >= 0.3 is 17.1 Å². The molecule has 2 atom stereocenters. The monoisotopic (exact) mass is 490 g/mol. The van der Waals surface area contributed by atoms with Crippen LogP contribution in [0, 0.1) is 20.8 Å².